The molecule has 2 rings (SSSR count). The first-order chi connectivity index (χ1) is 10.5. The van der Waals surface area contributed by atoms with Crippen LogP contribution in [0.1, 0.15) is 11.1 Å². The average molecular weight is 318 g/mol. The fourth-order valence-electron chi connectivity index (χ4n) is 2.16. The molecule has 5 heteroatoms. The molecule has 4 nitrogen and oxygen atoms in total. The monoisotopic (exact) mass is 318 g/mol. The minimum absolute atomic E-state index is 0.0212. The van der Waals surface area contributed by atoms with Gasteiger partial charge in [0.1, 0.15) is 0 Å². The molecular formula is C17H22N2O2S. The van der Waals surface area contributed by atoms with Crippen molar-refractivity contribution in [3.8, 4) is 0 Å². The Bertz CT molecular complexity index is 680. The van der Waals surface area contributed by atoms with E-state index >= 15 is 0 Å². The van der Waals surface area contributed by atoms with Crippen molar-refractivity contribution in [3.63, 3.8) is 0 Å². The summed E-state index contributed by atoms with van der Waals surface area (Å²) in [5.41, 5.74) is 3.05. The van der Waals surface area contributed by atoms with E-state index in [1.165, 1.54) is 0 Å². The zero-order chi connectivity index (χ0) is 16.0. The zero-order valence-electron chi connectivity index (χ0n) is 13.0. The highest BCUT2D eigenvalue weighted by atomic mass is 32.2. The molecule has 0 aliphatic heterocycles. The van der Waals surface area contributed by atoms with E-state index < -0.39 is 10.0 Å². The van der Waals surface area contributed by atoms with E-state index in [0.29, 0.717) is 13.0 Å². The lowest BCUT2D eigenvalue weighted by atomic mass is 10.1. The standard InChI is InChI=1S/C17H22N2O2S/c1-19(2)17-10-8-15(9-11-17)12-13-18-22(20,21)14-16-6-4-3-5-7-16/h3-11,18H,12-14H2,1-2H3. The van der Waals surface area contributed by atoms with E-state index in [0.717, 1.165) is 16.8 Å². The third kappa shape index (κ3) is 5.16. The van der Waals surface area contributed by atoms with Gasteiger partial charge in [0.05, 0.1) is 5.75 Å². The van der Waals surface area contributed by atoms with Crippen molar-refractivity contribution in [1.82, 2.24) is 4.72 Å². The second-order valence-electron chi connectivity index (χ2n) is 5.45. The predicted octanol–water partition coefficient (Wildman–Crippen LogP) is 2.41. The van der Waals surface area contributed by atoms with Gasteiger partial charge >= 0.3 is 0 Å². The number of hydrogen-bond donors (Lipinski definition) is 1. The van der Waals surface area contributed by atoms with Crippen LogP contribution in [0.5, 0.6) is 0 Å². The molecule has 0 atom stereocenters. The van der Waals surface area contributed by atoms with Crippen LogP contribution < -0.4 is 9.62 Å². The van der Waals surface area contributed by atoms with Gasteiger partial charge in [-0.1, -0.05) is 42.5 Å². The molecule has 0 spiro atoms. The number of sulfonamides is 1. The van der Waals surface area contributed by atoms with Crippen LogP contribution >= 0.6 is 0 Å². The summed E-state index contributed by atoms with van der Waals surface area (Å²) in [5.74, 6) is 0.0212. The molecule has 0 bridgehead atoms. The Hall–Kier alpha value is -1.85. The Kier molecular flexibility index (Phi) is 5.57. The third-order valence-electron chi connectivity index (χ3n) is 3.39. The number of anilines is 1. The summed E-state index contributed by atoms with van der Waals surface area (Å²) in [6.07, 6.45) is 0.682. The van der Waals surface area contributed by atoms with Crippen molar-refractivity contribution in [3.05, 3.63) is 65.7 Å². The van der Waals surface area contributed by atoms with Crippen LogP contribution in [0.25, 0.3) is 0 Å². The Balaban J connectivity index is 1.84. The molecule has 0 heterocycles. The average Bonchev–Trinajstić information content (AvgIpc) is 2.48. The highest BCUT2D eigenvalue weighted by Gasteiger charge is 2.10. The Morgan fingerprint density at radius 1 is 0.909 bits per heavy atom. The first-order valence-electron chi connectivity index (χ1n) is 7.24. The second kappa shape index (κ2) is 7.42. The van der Waals surface area contributed by atoms with Crippen molar-refractivity contribution in [2.24, 2.45) is 0 Å². The fraction of sp³-hybridized carbons (Fsp3) is 0.294. The number of nitrogens with one attached hydrogen (secondary N) is 1. The molecule has 0 aromatic heterocycles. The lowest BCUT2D eigenvalue weighted by Crippen LogP contribution is -2.27. The van der Waals surface area contributed by atoms with E-state index in [-0.39, 0.29) is 5.75 Å². The van der Waals surface area contributed by atoms with Gasteiger partial charge in [0, 0.05) is 26.3 Å². The Morgan fingerprint density at radius 2 is 1.55 bits per heavy atom. The molecule has 2 aromatic rings. The molecule has 0 saturated heterocycles. The molecule has 1 N–H and O–H groups in total. The van der Waals surface area contributed by atoms with Gasteiger partial charge in [0.15, 0.2) is 0 Å². The summed E-state index contributed by atoms with van der Waals surface area (Å²) in [6.45, 7) is 0.413. The van der Waals surface area contributed by atoms with Crippen LogP contribution in [0.2, 0.25) is 0 Å². The van der Waals surface area contributed by atoms with Crippen molar-refractivity contribution >= 4 is 15.7 Å². The summed E-state index contributed by atoms with van der Waals surface area (Å²) in [6, 6.07) is 17.3. The number of nitrogens with zero attached hydrogens (tertiary/aromatic N) is 1. The maximum absolute atomic E-state index is 12.0. The van der Waals surface area contributed by atoms with Gasteiger partial charge < -0.3 is 4.90 Å². The van der Waals surface area contributed by atoms with Gasteiger partial charge in [-0.3, -0.25) is 0 Å². The first-order valence-corrected chi connectivity index (χ1v) is 8.89. The van der Waals surface area contributed by atoms with Gasteiger partial charge in [-0.15, -0.1) is 0 Å². The van der Waals surface area contributed by atoms with Crippen LogP contribution in [0.4, 0.5) is 5.69 Å². The lowest BCUT2D eigenvalue weighted by molar-refractivity contribution is 0.581. The molecule has 0 aliphatic rings. The highest BCUT2D eigenvalue weighted by Crippen LogP contribution is 2.12. The molecule has 0 amide bonds. The number of hydrogen-bond acceptors (Lipinski definition) is 3. The van der Waals surface area contributed by atoms with Gasteiger partial charge in [0.25, 0.3) is 0 Å². The maximum Gasteiger partial charge on any atom is 0.215 e. The molecule has 0 fully saturated rings. The van der Waals surface area contributed by atoms with E-state index in [2.05, 4.69) is 4.72 Å². The van der Waals surface area contributed by atoms with Crippen LogP contribution in [0, 0.1) is 0 Å². The van der Waals surface area contributed by atoms with Crippen molar-refractivity contribution in [1.29, 1.82) is 0 Å². The number of benzene rings is 2. The van der Waals surface area contributed by atoms with E-state index in [9.17, 15) is 8.42 Å². The smallest absolute Gasteiger partial charge is 0.215 e. The van der Waals surface area contributed by atoms with Gasteiger partial charge in [-0.2, -0.15) is 0 Å². The fourth-order valence-corrected chi connectivity index (χ4v) is 3.30. The quantitative estimate of drug-likeness (QED) is 0.853. The zero-order valence-corrected chi connectivity index (χ0v) is 13.8. The second-order valence-corrected chi connectivity index (χ2v) is 7.26. The molecule has 0 unspecified atom stereocenters. The molecule has 0 radical (unpaired) electrons. The molecule has 2 aromatic carbocycles. The minimum atomic E-state index is -3.28. The summed E-state index contributed by atoms with van der Waals surface area (Å²) < 4.78 is 26.7. The summed E-state index contributed by atoms with van der Waals surface area (Å²) in [7, 11) is 0.701. The Morgan fingerprint density at radius 3 is 2.14 bits per heavy atom. The maximum atomic E-state index is 12.0. The predicted molar refractivity (Wildman–Crippen MR) is 91.5 cm³/mol. The van der Waals surface area contributed by atoms with Crippen LogP contribution in [0.15, 0.2) is 54.6 Å². The summed E-state index contributed by atoms with van der Waals surface area (Å²) in [5, 5.41) is 0. The lowest BCUT2D eigenvalue weighted by Gasteiger charge is -2.12. The van der Waals surface area contributed by atoms with Crippen molar-refractivity contribution in [2.45, 2.75) is 12.2 Å². The van der Waals surface area contributed by atoms with Gasteiger partial charge in [0.2, 0.25) is 10.0 Å². The number of rotatable bonds is 7. The molecule has 118 valence electrons. The SMILES string of the molecule is CN(C)c1ccc(CCNS(=O)(=O)Cc2ccccc2)cc1. The third-order valence-corrected chi connectivity index (χ3v) is 4.75. The van der Waals surface area contributed by atoms with E-state index in [1.54, 1.807) is 0 Å². The van der Waals surface area contributed by atoms with Crippen LogP contribution in [-0.2, 0) is 22.2 Å². The van der Waals surface area contributed by atoms with E-state index in [1.807, 2.05) is 73.6 Å². The van der Waals surface area contributed by atoms with Crippen LogP contribution in [0.3, 0.4) is 0 Å². The largest absolute Gasteiger partial charge is 0.378 e. The van der Waals surface area contributed by atoms with Gasteiger partial charge in [-0.25, -0.2) is 13.1 Å². The summed E-state index contributed by atoms with van der Waals surface area (Å²) >= 11 is 0. The minimum Gasteiger partial charge on any atom is -0.378 e. The van der Waals surface area contributed by atoms with Crippen LogP contribution in [-0.4, -0.2) is 29.1 Å². The first kappa shape index (κ1) is 16.5. The molecule has 0 aliphatic carbocycles. The molecule has 22 heavy (non-hydrogen) atoms. The highest BCUT2D eigenvalue weighted by molar-refractivity contribution is 7.88. The summed E-state index contributed by atoms with van der Waals surface area (Å²) in [4.78, 5) is 2.03. The molecule has 0 saturated carbocycles. The normalized spacial score (nSPS) is 11.4. The Labute approximate surface area is 132 Å². The van der Waals surface area contributed by atoms with Crippen molar-refractivity contribution in [2.75, 3.05) is 25.5 Å². The molecular weight excluding hydrogens is 296 g/mol. The topological polar surface area (TPSA) is 49.4 Å². The van der Waals surface area contributed by atoms with Crippen molar-refractivity contribution < 1.29 is 8.42 Å². The van der Waals surface area contributed by atoms with E-state index in [4.69, 9.17) is 0 Å². The van der Waals surface area contributed by atoms with Gasteiger partial charge in [-0.05, 0) is 29.7 Å².